The second-order valence-corrected chi connectivity index (χ2v) is 5.54. The Bertz CT molecular complexity index is 135. The number of nitrogens with zero attached hydrogens (tertiary/aromatic N) is 1. The van der Waals surface area contributed by atoms with Crippen LogP contribution >= 0.6 is 0 Å². The summed E-state index contributed by atoms with van der Waals surface area (Å²) < 4.78 is 0. The lowest BCUT2D eigenvalue weighted by atomic mass is 9.88. The number of rotatable bonds is 4. The summed E-state index contributed by atoms with van der Waals surface area (Å²) in [4.78, 5) is 2.49. The Kier molecular flexibility index (Phi) is 4.98. The van der Waals surface area contributed by atoms with E-state index in [4.69, 9.17) is 0 Å². The van der Waals surface area contributed by atoms with Crippen molar-refractivity contribution >= 4 is 0 Å². The summed E-state index contributed by atoms with van der Waals surface area (Å²) in [6.45, 7) is 13.8. The Balaban J connectivity index is 4.03. The highest BCUT2D eigenvalue weighted by molar-refractivity contribution is 4.74. The van der Waals surface area contributed by atoms with Gasteiger partial charge < -0.3 is 4.90 Å². The maximum atomic E-state index is 2.49. The summed E-state index contributed by atoms with van der Waals surface area (Å²) in [7, 11) is 2.24. The van der Waals surface area contributed by atoms with E-state index in [1.807, 2.05) is 0 Å². The highest BCUT2D eigenvalue weighted by atomic mass is 15.1. The van der Waals surface area contributed by atoms with Gasteiger partial charge in [0, 0.05) is 12.1 Å². The smallest absolute Gasteiger partial charge is 0.00716 e. The first-order valence-electron chi connectivity index (χ1n) is 5.50. The molecule has 0 aromatic heterocycles. The van der Waals surface area contributed by atoms with Crippen molar-refractivity contribution in [3.63, 3.8) is 0 Å². The first-order chi connectivity index (χ1) is 5.78. The molecule has 2 atom stereocenters. The van der Waals surface area contributed by atoms with Crippen molar-refractivity contribution in [2.24, 2.45) is 5.41 Å². The van der Waals surface area contributed by atoms with Crippen LogP contribution in [0.5, 0.6) is 0 Å². The zero-order valence-electron chi connectivity index (χ0n) is 10.5. The second-order valence-electron chi connectivity index (χ2n) is 5.54. The van der Waals surface area contributed by atoms with Crippen molar-refractivity contribution in [2.75, 3.05) is 7.05 Å². The van der Waals surface area contributed by atoms with Crippen LogP contribution in [0.2, 0.25) is 0 Å². The van der Waals surface area contributed by atoms with Crippen LogP contribution in [0.1, 0.15) is 54.4 Å². The molecule has 0 fully saturated rings. The Morgan fingerprint density at radius 1 is 1.08 bits per heavy atom. The maximum Gasteiger partial charge on any atom is 0.00716 e. The van der Waals surface area contributed by atoms with Crippen LogP contribution in [0, 0.1) is 5.41 Å². The fourth-order valence-electron chi connectivity index (χ4n) is 1.75. The highest BCUT2D eigenvalue weighted by Crippen LogP contribution is 2.23. The summed E-state index contributed by atoms with van der Waals surface area (Å²) in [6.07, 6.45) is 2.51. The van der Waals surface area contributed by atoms with Gasteiger partial charge in [-0.05, 0) is 39.2 Å². The van der Waals surface area contributed by atoms with E-state index in [9.17, 15) is 0 Å². The molecular weight excluding hydrogens is 158 g/mol. The summed E-state index contributed by atoms with van der Waals surface area (Å²) in [5.41, 5.74) is 0.446. The Morgan fingerprint density at radius 2 is 1.54 bits per heavy atom. The maximum absolute atomic E-state index is 2.49. The lowest BCUT2D eigenvalue weighted by molar-refractivity contribution is 0.148. The number of hydrogen-bond donors (Lipinski definition) is 0. The average molecular weight is 185 g/mol. The van der Waals surface area contributed by atoms with E-state index in [2.05, 4.69) is 53.5 Å². The Morgan fingerprint density at radius 3 is 1.85 bits per heavy atom. The molecule has 0 aromatic carbocycles. The molecule has 0 aliphatic rings. The Labute approximate surface area is 84.5 Å². The lowest BCUT2D eigenvalue weighted by Gasteiger charge is -2.34. The summed E-state index contributed by atoms with van der Waals surface area (Å²) in [6, 6.07) is 1.40. The summed E-state index contributed by atoms with van der Waals surface area (Å²) in [5, 5.41) is 0. The standard InChI is InChI=1S/C12H27N/c1-8-10(2)13(7)11(3)9-12(4,5)6/h10-11H,8-9H2,1-7H3. The molecule has 0 aromatic rings. The average Bonchev–Trinajstić information content (AvgIpc) is 1.98. The molecule has 80 valence electrons. The molecule has 0 rings (SSSR count). The second kappa shape index (κ2) is 4.99. The normalized spacial score (nSPS) is 17.5. The van der Waals surface area contributed by atoms with E-state index in [1.165, 1.54) is 12.8 Å². The zero-order valence-corrected chi connectivity index (χ0v) is 10.5. The van der Waals surface area contributed by atoms with Crippen molar-refractivity contribution in [3.8, 4) is 0 Å². The van der Waals surface area contributed by atoms with Crippen LogP contribution in [-0.2, 0) is 0 Å². The monoisotopic (exact) mass is 185 g/mol. The van der Waals surface area contributed by atoms with Crippen LogP contribution in [0.15, 0.2) is 0 Å². The van der Waals surface area contributed by atoms with E-state index >= 15 is 0 Å². The van der Waals surface area contributed by atoms with Gasteiger partial charge in [0.25, 0.3) is 0 Å². The lowest BCUT2D eigenvalue weighted by Crippen LogP contribution is -2.38. The summed E-state index contributed by atoms with van der Waals surface area (Å²) >= 11 is 0. The van der Waals surface area contributed by atoms with Gasteiger partial charge in [0.1, 0.15) is 0 Å². The first-order valence-corrected chi connectivity index (χ1v) is 5.50. The van der Waals surface area contributed by atoms with E-state index in [0.717, 1.165) is 0 Å². The van der Waals surface area contributed by atoms with Gasteiger partial charge in [-0.2, -0.15) is 0 Å². The third-order valence-corrected chi connectivity index (χ3v) is 2.89. The molecule has 0 radical (unpaired) electrons. The van der Waals surface area contributed by atoms with Crippen LogP contribution in [0.4, 0.5) is 0 Å². The molecule has 0 spiro atoms. The molecule has 2 unspecified atom stereocenters. The zero-order chi connectivity index (χ0) is 10.6. The van der Waals surface area contributed by atoms with Crippen LogP contribution < -0.4 is 0 Å². The van der Waals surface area contributed by atoms with Crippen LogP contribution in [0.25, 0.3) is 0 Å². The van der Waals surface area contributed by atoms with E-state index in [0.29, 0.717) is 17.5 Å². The molecule has 13 heavy (non-hydrogen) atoms. The molecule has 1 heteroatoms. The molecule has 0 saturated carbocycles. The SMILES string of the molecule is CCC(C)N(C)C(C)CC(C)(C)C. The van der Waals surface area contributed by atoms with E-state index in [1.54, 1.807) is 0 Å². The minimum atomic E-state index is 0.446. The highest BCUT2D eigenvalue weighted by Gasteiger charge is 2.20. The third-order valence-electron chi connectivity index (χ3n) is 2.89. The fraction of sp³-hybridized carbons (Fsp3) is 1.00. The van der Waals surface area contributed by atoms with Crippen molar-refractivity contribution in [3.05, 3.63) is 0 Å². The van der Waals surface area contributed by atoms with Crippen LogP contribution in [-0.4, -0.2) is 24.0 Å². The molecule has 0 saturated heterocycles. The predicted octanol–water partition coefficient (Wildman–Crippen LogP) is 3.54. The van der Waals surface area contributed by atoms with E-state index < -0.39 is 0 Å². The quantitative estimate of drug-likeness (QED) is 0.647. The van der Waals surface area contributed by atoms with Crippen molar-refractivity contribution in [1.82, 2.24) is 4.90 Å². The molecule has 0 aliphatic carbocycles. The van der Waals surface area contributed by atoms with Crippen molar-refractivity contribution in [1.29, 1.82) is 0 Å². The third kappa shape index (κ3) is 5.30. The predicted molar refractivity (Wildman–Crippen MR) is 61.1 cm³/mol. The minimum absolute atomic E-state index is 0.446. The molecule has 0 heterocycles. The van der Waals surface area contributed by atoms with Crippen molar-refractivity contribution in [2.45, 2.75) is 66.5 Å². The topological polar surface area (TPSA) is 3.24 Å². The molecule has 0 aliphatic heterocycles. The molecule has 0 N–H and O–H groups in total. The molecule has 1 nitrogen and oxygen atoms in total. The van der Waals surface area contributed by atoms with Gasteiger partial charge in [0.05, 0.1) is 0 Å². The van der Waals surface area contributed by atoms with Gasteiger partial charge in [0.2, 0.25) is 0 Å². The van der Waals surface area contributed by atoms with Gasteiger partial charge >= 0.3 is 0 Å². The fourth-order valence-corrected chi connectivity index (χ4v) is 1.75. The van der Waals surface area contributed by atoms with Gasteiger partial charge in [-0.1, -0.05) is 27.7 Å². The van der Waals surface area contributed by atoms with Gasteiger partial charge in [-0.25, -0.2) is 0 Å². The summed E-state index contributed by atoms with van der Waals surface area (Å²) in [5.74, 6) is 0. The van der Waals surface area contributed by atoms with Crippen molar-refractivity contribution < 1.29 is 0 Å². The Hall–Kier alpha value is -0.0400. The first kappa shape index (κ1) is 13.0. The largest absolute Gasteiger partial charge is 0.301 e. The van der Waals surface area contributed by atoms with E-state index in [-0.39, 0.29) is 0 Å². The molecule has 0 bridgehead atoms. The van der Waals surface area contributed by atoms with Crippen LogP contribution in [0.3, 0.4) is 0 Å². The van der Waals surface area contributed by atoms with Gasteiger partial charge in [-0.3, -0.25) is 0 Å². The molecule has 0 amide bonds. The number of hydrogen-bond acceptors (Lipinski definition) is 1. The van der Waals surface area contributed by atoms with Gasteiger partial charge in [-0.15, -0.1) is 0 Å². The molecular formula is C12H27N. The minimum Gasteiger partial charge on any atom is -0.301 e. The van der Waals surface area contributed by atoms with Gasteiger partial charge in [0.15, 0.2) is 0 Å².